The summed E-state index contributed by atoms with van der Waals surface area (Å²) in [5, 5.41) is 0.859. The number of benzene rings is 1. The number of nitrogens with one attached hydrogen (secondary N) is 1. The molecule has 0 bridgehead atoms. The first-order valence-corrected chi connectivity index (χ1v) is 6.43. The molecule has 0 aliphatic rings. The Labute approximate surface area is 108 Å². The molecule has 0 fully saturated rings. The average molecular weight is 296 g/mol. The lowest BCUT2D eigenvalue weighted by Gasteiger charge is -2.07. The van der Waals surface area contributed by atoms with Crippen LogP contribution in [0.25, 0.3) is 10.9 Å². The van der Waals surface area contributed by atoms with E-state index in [-0.39, 0.29) is 10.6 Å². The van der Waals surface area contributed by atoms with Crippen LogP contribution in [-0.2, 0) is 0 Å². The summed E-state index contributed by atoms with van der Waals surface area (Å²) in [6.45, 7) is 1.98. The van der Waals surface area contributed by atoms with Crippen molar-refractivity contribution in [2.45, 2.75) is 18.2 Å². The first kappa shape index (κ1) is 12.2. The van der Waals surface area contributed by atoms with Crippen LogP contribution >= 0.6 is 15.9 Å². The second-order valence-electron chi connectivity index (χ2n) is 3.83. The van der Waals surface area contributed by atoms with Crippen molar-refractivity contribution in [3.8, 4) is 5.75 Å². The third kappa shape index (κ3) is 2.09. The zero-order valence-electron chi connectivity index (χ0n) is 9.79. The molecule has 1 N–H and O–H groups in total. The number of rotatable bonds is 4. The van der Waals surface area contributed by atoms with Gasteiger partial charge in [-0.1, -0.05) is 28.9 Å². The van der Waals surface area contributed by atoms with Crippen LogP contribution in [0.15, 0.2) is 24.4 Å². The topological polar surface area (TPSA) is 42.1 Å². The van der Waals surface area contributed by atoms with Crippen molar-refractivity contribution < 1.29 is 9.53 Å². The van der Waals surface area contributed by atoms with Crippen LogP contribution in [-0.4, -0.2) is 22.7 Å². The second kappa shape index (κ2) is 4.92. The zero-order valence-corrected chi connectivity index (χ0v) is 11.4. The van der Waals surface area contributed by atoms with Crippen molar-refractivity contribution in [2.75, 3.05) is 7.11 Å². The lowest BCUT2D eigenvalue weighted by atomic mass is 10.1. The maximum absolute atomic E-state index is 12.2. The van der Waals surface area contributed by atoms with E-state index in [2.05, 4.69) is 20.9 Å². The Kier molecular flexibility index (Phi) is 3.52. The number of carbonyl (C=O) groups excluding carboxylic acids is 1. The Balaban J connectivity index is 2.59. The second-order valence-corrected chi connectivity index (χ2v) is 4.93. The van der Waals surface area contributed by atoms with E-state index in [9.17, 15) is 4.79 Å². The fraction of sp³-hybridized carbons (Fsp3) is 0.308. The minimum Gasteiger partial charge on any atom is -0.496 e. The van der Waals surface area contributed by atoms with E-state index in [0.717, 1.165) is 23.1 Å². The summed E-state index contributed by atoms with van der Waals surface area (Å²) in [6.07, 6.45) is 2.51. The number of ether oxygens (including phenoxy) is 1. The average Bonchev–Trinajstić information content (AvgIpc) is 2.80. The molecule has 1 heterocycles. The van der Waals surface area contributed by atoms with Crippen LogP contribution in [0.1, 0.15) is 23.7 Å². The van der Waals surface area contributed by atoms with Crippen molar-refractivity contribution in [1.29, 1.82) is 0 Å². The first-order valence-electron chi connectivity index (χ1n) is 5.51. The molecule has 0 spiro atoms. The molecule has 0 amide bonds. The number of carbonyl (C=O) groups is 1. The fourth-order valence-electron chi connectivity index (χ4n) is 1.87. The highest BCUT2D eigenvalue weighted by molar-refractivity contribution is 9.10. The smallest absolute Gasteiger partial charge is 0.178 e. The summed E-state index contributed by atoms with van der Waals surface area (Å²) in [6, 6.07) is 5.70. The van der Waals surface area contributed by atoms with Gasteiger partial charge in [0.2, 0.25) is 0 Å². The van der Waals surface area contributed by atoms with Gasteiger partial charge in [0.1, 0.15) is 5.75 Å². The normalized spacial score (nSPS) is 12.6. The maximum atomic E-state index is 12.2. The highest BCUT2D eigenvalue weighted by Gasteiger charge is 2.20. The van der Waals surface area contributed by atoms with Gasteiger partial charge in [-0.2, -0.15) is 0 Å². The molecule has 0 aliphatic heterocycles. The molecular formula is C13H14BrNO2. The molecule has 2 aromatic rings. The number of aromatic amines is 1. The van der Waals surface area contributed by atoms with Gasteiger partial charge in [0, 0.05) is 17.3 Å². The summed E-state index contributed by atoms with van der Waals surface area (Å²) in [5.41, 5.74) is 1.60. The van der Waals surface area contributed by atoms with Gasteiger partial charge in [-0.25, -0.2) is 0 Å². The van der Waals surface area contributed by atoms with E-state index in [4.69, 9.17) is 4.74 Å². The number of Topliss-reactive ketones (excluding diaryl/α,β-unsaturated/α-hetero) is 1. The number of H-pyrrole nitrogens is 1. The van der Waals surface area contributed by atoms with Crippen molar-refractivity contribution in [3.05, 3.63) is 30.0 Å². The van der Waals surface area contributed by atoms with Gasteiger partial charge < -0.3 is 9.72 Å². The van der Waals surface area contributed by atoms with Crippen LogP contribution in [0.3, 0.4) is 0 Å². The van der Waals surface area contributed by atoms with Gasteiger partial charge in [0.25, 0.3) is 0 Å². The van der Waals surface area contributed by atoms with E-state index in [1.165, 1.54) is 0 Å². The van der Waals surface area contributed by atoms with E-state index in [1.54, 1.807) is 13.3 Å². The van der Waals surface area contributed by atoms with E-state index >= 15 is 0 Å². The number of halogens is 1. The number of fused-ring (bicyclic) bond motifs is 1. The van der Waals surface area contributed by atoms with Crippen molar-refractivity contribution in [3.63, 3.8) is 0 Å². The molecule has 0 aliphatic carbocycles. The molecule has 1 unspecified atom stereocenters. The Bertz CT molecular complexity index is 547. The first-order chi connectivity index (χ1) is 8.19. The van der Waals surface area contributed by atoms with E-state index < -0.39 is 0 Å². The minimum absolute atomic E-state index is 0.0863. The SMILES string of the molecule is CCC(Br)C(=O)c1c[nH]c2cccc(OC)c12. The predicted octanol–water partition coefficient (Wildman–Crippen LogP) is 3.53. The number of hydrogen-bond acceptors (Lipinski definition) is 2. The van der Waals surface area contributed by atoms with E-state index in [1.807, 2.05) is 25.1 Å². The maximum Gasteiger partial charge on any atom is 0.178 e. The predicted molar refractivity (Wildman–Crippen MR) is 72.2 cm³/mol. The molecule has 2 rings (SSSR count). The summed E-state index contributed by atoms with van der Waals surface area (Å²) >= 11 is 3.39. The van der Waals surface area contributed by atoms with Gasteiger partial charge in [-0.15, -0.1) is 0 Å². The Morgan fingerprint density at radius 2 is 2.29 bits per heavy atom. The number of methoxy groups -OCH3 is 1. The minimum atomic E-state index is -0.147. The molecule has 0 saturated heterocycles. The zero-order chi connectivity index (χ0) is 12.4. The van der Waals surface area contributed by atoms with Crippen LogP contribution < -0.4 is 4.74 Å². The fourth-order valence-corrected chi connectivity index (χ4v) is 2.12. The quantitative estimate of drug-likeness (QED) is 0.692. The highest BCUT2D eigenvalue weighted by Crippen LogP contribution is 2.30. The Hall–Kier alpha value is -1.29. The van der Waals surface area contributed by atoms with Crippen LogP contribution in [0, 0.1) is 0 Å². The third-order valence-corrected chi connectivity index (χ3v) is 3.86. The summed E-state index contributed by atoms with van der Waals surface area (Å²) in [4.78, 5) is 15.2. The molecule has 0 radical (unpaired) electrons. The molecule has 1 atom stereocenters. The Morgan fingerprint density at radius 3 is 2.94 bits per heavy atom. The summed E-state index contributed by atoms with van der Waals surface area (Å²) < 4.78 is 5.30. The summed E-state index contributed by atoms with van der Waals surface area (Å²) in [7, 11) is 1.61. The van der Waals surface area contributed by atoms with Gasteiger partial charge in [-0.3, -0.25) is 4.79 Å². The van der Waals surface area contributed by atoms with Crippen molar-refractivity contribution in [1.82, 2.24) is 4.98 Å². The van der Waals surface area contributed by atoms with Crippen LogP contribution in [0.2, 0.25) is 0 Å². The molecule has 17 heavy (non-hydrogen) atoms. The lowest BCUT2D eigenvalue weighted by Crippen LogP contribution is -2.12. The Morgan fingerprint density at radius 1 is 1.53 bits per heavy atom. The largest absolute Gasteiger partial charge is 0.496 e. The molecule has 0 saturated carbocycles. The van der Waals surface area contributed by atoms with Crippen LogP contribution in [0.4, 0.5) is 0 Å². The number of alkyl halides is 1. The molecular weight excluding hydrogens is 282 g/mol. The highest BCUT2D eigenvalue weighted by atomic mass is 79.9. The standard InChI is InChI=1S/C13H14BrNO2/c1-3-9(14)13(16)8-7-15-10-5-4-6-11(17-2)12(8)10/h4-7,9,15H,3H2,1-2H3. The van der Waals surface area contributed by atoms with Crippen molar-refractivity contribution in [2.24, 2.45) is 0 Å². The number of hydrogen-bond donors (Lipinski definition) is 1. The van der Waals surface area contributed by atoms with Crippen LogP contribution in [0.5, 0.6) is 5.75 Å². The lowest BCUT2D eigenvalue weighted by molar-refractivity contribution is 0.0991. The van der Waals surface area contributed by atoms with E-state index in [0.29, 0.717) is 5.56 Å². The monoisotopic (exact) mass is 295 g/mol. The van der Waals surface area contributed by atoms with Gasteiger partial charge >= 0.3 is 0 Å². The number of ketones is 1. The molecule has 4 heteroatoms. The van der Waals surface area contributed by atoms with Crippen molar-refractivity contribution >= 4 is 32.6 Å². The third-order valence-electron chi connectivity index (χ3n) is 2.80. The number of aromatic nitrogens is 1. The van der Waals surface area contributed by atoms with Gasteiger partial charge in [0.05, 0.1) is 17.3 Å². The molecule has 1 aromatic heterocycles. The van der Waals surface area contributed by atoms with Gasteiger partial charge in [0.15, 0.2) is 5.78 Å². The molecule has 3 nitrogen and oxygen atoms in total. The van der Waals surface area contributed by atoms with Gasteiger partial charge in [-0.05, 0) is 18.6 Å². The molecule has 90 valence electrons. The molecule has 1 aromatic carbocycles. The summed E-state index contributed by atoms with van der Waals surface area (Å²) in [5.74, 6) is 0.811.